The summed E-state index contributed by atoms with van der Waals surface area (Å²) in [6.07, 6.45) is 5.95. The van der Waals surface area contributed by atoms with E-state index in [0.29, 0.717) is 6.04 Å². The van der Waals surface area contributed by atoms with Gasteiger partial charge in [-0.2, -0.15) is 5.10 Å². The van der Waals surface area contributed by atoms with Crippen LogP contribution in [-0.4, -0.2) is 39.2 Å². The molecule has 0 aliphatic carbocycles. The smallest absolute Gasteiger partial charge is 0.123 e. The highest BCUT2D eigenvalue weighted by Gasteiger charge is 2.19. The Hall–Kier alpha value is -2.57. The topological polar surface area (TPSA) is 56.8 Å². The number of likely N-dealkylation sites (tertiary alicyclic amines) is 1. The van der Waals surface area contributed by atoms with E-state index < -0.39 is 0 Å². The maximum absolute atomic E-state index is 13.1. The predicted molar refractivity (Wildman–Crippen MR) is 103 cm³/mol. The molecule has 27 heavy (non-hydrogen) atoms. The van der Waals surface area contributed by atoms with Crippen molar-refractivity contribution in [3.8, 4) is 11.3 Å². The van der Waals surface area contributed by atoms with Gasteiger partial charge in [-0.25, -0.2) is 4.39 Å². The van der Waals surface area contributed by atoms with Crippen LogP contribution >= 0.6 is 0 Å². The molecule has 1 aliphatic rings. The Morgan fingerprint density at radius 2 is 1.93 bits per heavy atom. The molecular formula is C21H24FN5. The number of hydrogen-bond acceptors (Lipinski definition) is 4. The third-order valence-electron chi connectivity index (χ3n) is 5.13. The molecule has 4 rings (SSSR count). The summed E-state index contributed by atoms with van der Waals surface area (Å²) in [5, 5.41) is 10.9. The molecule has 5 nitrogen and oxygen atoms in total. The van der Waals surface area contributed by atoms with Crippen LogP contribution in [0, 0.1) is 5.82 Å². The van der Waals surface area contributed by atoms with E-state index in [4.69, 9.17) is 0 Å². The Morgan fingerprint density at radius 1 is 1.11 bits per heavy atom. The molecule has 0 amide bonds. The van der Waals surface area contributed by atoms with E-state index in [2.05, 4.69) is 31.5 Å². The Labute approximate surface area is 158 Å². The molecule has 0 bridgehead atoms. The first-order chi connectivity index (χ1) is 13.3. The summed E-state index contributed by atoms with van der Waals surface area (Å²) < 4.78 is 13.1. The highest BCUT2D eigenvalue weighted by atomic mass is 19.1. The van der Waals surface area contributed by atoms with Crippen LogP contribution in [0.4, 0.5) is 4.39 Å². The van der Waals surface area contributed by atoms with E-state index in [-0.39, 0.29) is 5.82 Å². The van der Waals surface area contributed by atoms with Gasteiger partial charge in [-0.05, 0) is 49.2 Å². The second-order valence-electron chi connectivity index (χ2n) is 7.03. The van der Waals surface area contributed by atoms with Crippen molar-refractivity contribution in [1.82, 2.24) is 25.4 Å². The number of pyridine rings is 1. The summed E-state index contributed by atoms with van der Waals surface area (Å²) in [7, 11) is 0. The minimum Gasteiger partial charge on any atom is -0.310 e. The zero-order valence-corrected chi connectivity index (χ0v) is 15.2. The Kier molecular flexibility index (Phi) is 5.55. The minimum atomic E-state index is -0.226. The molecule has 140 valence electrons. The number of piperidine rings is 1. The number of aromatic amines is 1. The summed E-state index contributed by atoms with van der Waals surface area (Å²) in [6, 6.07) is 13.1. The van der Waals surface area contributed by atoms with Crippen LogP contribution in [0.15, 0.2) is 54.9 Å². The number of nitrogens with one attached hydrogen (secondary N) is 2. The molecule has 0 unspecified atom stereocenters. The largest absolute Gasteiger partial charge is 0.310 e. The molecule has 2 N–H and O–H groups in total. The summed E-state index contributed by atoms with van der Waals surface area (Å²) in [5.41, 5.74) is 4.15. The van der Waals surface area contributed by atoms with Gasteiger partial charge < -0.3 is 5.32 Å². The number of nitrogens with zero attached hydrogens (tertiary/aromatic N) is 3. The normalized spacial score (nSPS) is 15.9. The lowest BCUT2D eigenvalue weighted by molar-refractivity contribution is 0.188. The van der Waals surface area contributed by atoms with E-state index in [0.717, 1.165) is 61.5 Å². The van der Waals surface area contributed by atoms with Gasteiger partial charge in [-0.15, -0.1) is 0 Å². The van der Waals surface area contributed by atoms with Crippen molar-refractivity contribution in [1.29, 1.82) is 0 Å². The van der Waals surface area contributed by atoms with Gasteiger partial charge in [0.1, 0.15) is 5.82 Å². The zero-order valence-electron chi connectivity index (χ0n) is 15.2. The molecule has 3 aromatic rings. The molecule has 3 heterocycles. The SMILES string of the molecule is Fc1ccc(-c2[nH]ncc2CNC2CCN(Cc3ccccn3)CC2)cc1. The first-order valence-electron chi connectivity index (χ1n) is 9.42. The Morgan fingerprint density at radius 3 is 2.67 bits per heavy atom. The summed E-state index contributed by atoms with van der Waals surface area (Å²) in [4.78, 5) is 6.88. The maximum Gasteiger partial charge on any atom is 0.123 e. The van der Waals surface area contributed by atoms with E-state index >= 15 is 0 Å². The van der Waals surface area contributed by atoms with Crippen molar-refractivity contribution < 1.29 is 4.39 Å². The van der Waals surface area contributed by atoms with E-state index in [9.17, 15) is 4.39 Å². The molecule has 0 saturated carbocycles. The van der Waals surface area contributed by atoms with Gasteiger partial charge >= 0.3 is 0 Å². The fraction of sp³-hybridized carbons (Fsp3) is 0.333. The van der Waals surface area contributed by atoms with Gasteiger partial charge in [0.15, 0.2) is 0 Å². The Bertz CT molecular complexity index is 839. The average Bonchev–Trinajstić information content (AvgIpc) is 3.17. The van der Waals surface area contributed by atoms with Crippen LogP contribution in [-0.2, 0) is 13.1 Å². The molecule has 2 aromatic heterocycles. The van der Waals surface area contributed by atoms with Crippen LogP contribution in [0.3, 0.4) is 0 Å². The third kappa shape index (κ3) is 4.59. The van der Waals surface area contributed by atoms with Crippen molar-refractivity contribution in [3.05, 3.63) is 71.9 Å². The van der Waals surface area contributed by atoms with Crippen LogP contribution in [0.2, 0.25) is 0 Å². The highest BCUT2D eigenvalue weighted by Crippen LogP contribution is 2.22. The Balaban J connectivity index is 1.28. The van der Waals surface area contributed by atoms with Gasteiger partial charge in [-0.3, -0.25) is 15.0 Å². The maximum atomic E-state index is 13.1. The molecule has 1 aromatic carbocycles. The monoisotopic (exact) mass is 365 g/mol. The van der Waals surface area contributed by atoms with Gasteiger partial charge in [-0.1, -0.05) is 6.07 Å². The van der Waals surface area contributed by atoms with E-state index in [1.807, 2.05) is 24.5 Å². The number of rotatable bonds is 6. The summed E-state index contributed by atoms with van der Waals surface area (Å²) >= 11 is 0. The van der Waals surface area contributed by atoms with Gasteiger partial charge in [0.05, 0.1) is 17.6 Å². The van der Waals surface area contributed by atoms with E-state index in [1.165, 1.54) is 12.1 Å². The molecule has 6 heteroatoms. The van der Waals surface area contributed by atoms with E-state index in [1.54, 1.807) is 12.1 Å². The fourth-order valence-corrected chi connectivity index (χ4v) is 3.58. The van der Waals surface area contributed by atoms with Gasteiger partial charge in [0, 0.05) is 49.5 Å². The highest BCUT2D eigenvalue weighted by molar-refractivity contribution is 5.62. The lowest BCUT2D eigenvalue weighted by Crippen LogP contribution is -2.42. The molecule has 1 fully saturated rings. The number of benzene rings is 1. The third-order valence-corrected chi connectivity index (χ3v) is 5.13. The van der Waals surface area contributed by atoms with Gasteiger partial charge in [0.2, 0.25) is 0 Å². The lowest BCUT2D eigenvalue weighted by Gasteiger charge is -2.32. The number of H-pyrrole nitrogens is 1. The molecule has 0 spiro atoms. The first kappa shape index (κ1) is 17.8. The second-order valence-corrected chi connectivity index (χ2v) is 7.03. The fourth-order valence-electron chi connectivity index (χ4n) is 3.58. The molecule has 1 saturated heterocycles. The minimum absolute atomic E-state index is 0.226. The van der Waals surface area contributed by atoms with Crippen LogP contribution in [0.5, 0.6) is 0 Å². The lowest BCUT2D eigenvalue weighted by atomic mass is 10.0. The zero-order chi connectivity index (χ0) is 18.5. The van der Waals surface area contributed by atoms with Crippen molar-refractivity contribution in [2.24, 2.45) is 0 Å². The number of aromatic nitrogens is 3. The van der Waals surface area contributed by atoms with Crippen LogP contribution in [0.25, 0.3) is 11.3 Å². The molecule has 0 radical (unpaired) electrons. The first-order valence-corrected chi connectivity index (χ1v) is 9.42. The van der Waals surface area contributed by atoms with Crippen LogP contribution in [0.1, 0.15) is 24.1 Å². The van der Waals surface area contributed by atoms with Crippen LogP contribution < -0.4 is 5.32 Å². The van der Waals surface area contributed by atoms with Gasteiger partial charge in [0.25, 0.3) is 0 Å². The van der Waals surface area contributed by atoms with Crippen molar-refractivity contribution in [2.75, 3.05) is 13.1 Å². The predicted octanol–water partition coefficient (Wildman–Crippen LogP) is 3.37. The average molecular weight is 365 g/mol. The quantitative estimate of drug-likeness (QED) is 0.703. The number of halogens is 1. The summed E-state index contributed by atoms with van der Waals surface area (Å²) in [5.74, 6) is -0.226. The molecular weight excluding hydrogens is 341 g/mol. The summed E-state index contributed by atoms with van der Waals surface area (Å²) in [6.45, 7) is 3.83. The van der Waals surface area contributed by atoms with Crippen molar-refractivity contribution in [2.45, 2.75) is 32.0 Å². The molecule has 1 aliphatic heterocycles. The number of hydrogen-bond donors (Lipinski definition) is 2. The van der Waals surface area contributed by atoms with Crippen molar-refractivity contribution >= 4 is 0 Å². The second kappa shape index (κ2) is 8.41. The molecule has 0 atom stereocenters. The standard InChI is InChI=1S/C21H24FN5/c22-18-6-4-16(5-7-18)21-17(14-25-26-21)13-24-19-8-11-27(12-9-19)15-20-3-1-2-10-23-20/h1-7,10,14,19,24H,8-9,11-13,15H2,(H,25,26). The van der Waals surface area contributed by atoms with Crippen molar-refractivity contribution in [3.63, 3.8) is 0 Å².